The SMILES string of the molecule is FC(F)(F)c1cccc(C#Cc2ccncc2)c1. The van der Waals surface area contributed by atoms with Crippen LogP contribution in [0.25, 0.3) is 0 Å². The van der Waals surface area contributed by atoms with E-state index in [1.807, 2.05) is 0 Å². The van der Waals surface area contributed by atoms with Crippen LogP contribution in [0.5, 0.6) is 0 Å². The maximum Gasteiger partial charge on any atom is 0.416 e. The maximum atomic E-state index is 12.5. The zero-order chi connectivity index (χ0) is 13.0. The first kappa shape index (κ1) is 12.2. The highest BCUT2D eigenvalue weighted by Crippen LogP contribution is 2.29. The standard InChI is InChI=1S/C14H8F3N/c15-14(16,17)13-3-1-2-12(10-13)5-4-11-6-8-18-9-7-11/h1-3,6-10H. The van der Waals surface area contributed by atoms with Gasteiger partial charge in [0.15, 0.2) is 0 Å². The molecule has 0 unspecified atom stereocenters. The number of hydrogen-bond acceptors (Lipinski definition) is 1. The molecule has 1 aromatic carbocycles. The third-order valence-corrected chi connectivity index (χ3v) is 2.22. The molecule has 4 heteroatoms. The molecule has 1 heterocycles. The van der Waals surface area contributed by atoms with E-state index in [-0.39, 0.29) is 0 Å². The van der Waals surface area contributed by atoms with Crippen molar-refractivity contribution in [3.63, 3.8) is 0 Å². The number of hydrogen-bond donors (Lipinski definition) is 0. The van der Waals surface area contributed by atoms with Crippen molar-refractivity contribution in [2.75, 3.05) is 0 Å². The molecule has 0 aliphatic rings. The number of benzene rings is 1. The molecular weight excluding hydrogens is 239 g/mol. The van der Waals surface area contributed by atoms with E-state index in [1.165, 1.54) is 6.07 Å². The van der Waals surface area contributed by atoms with Crippen molar-refractivity contribution in [3.8, 4) is 11.8 Å². The van der Waals surface area contributed by atoms with Gasteiger partial charge in [-0.3, -0.25) is 4.98 Å². The van der Waals surface area contributed by atoms with E-state index in [4.69, 9.17) is 0 Å². The Morgan fingerprint density at radius 2 is 1.56 bits per heavy atom. The van der Waals surface area contributed by atoms with Crippen molar-refractivity contribution in [1.29, 1.82) is 0 Å². The zero-order valence-corrected chi connectivity index (χ0v) is 9.20. The molecule has 0 saturated heterocycles. The number of halogens is 3. The number of pyridine rings is 1. The van der Waals surface area contributed by atoms with Crippen molar-refractivity contribution in [3.05, 3.63) is 65.5 Å². The number of aromatic nitrogens is 1. The smallest absolute Gasteiger partial charge is 0.265 e. The van der Waals surface area contributed by atoms with Gasteiger partial charge in [0.05, 0.1) is 5.56 Å². The third kappa shape index (κ3) is 3.11. The van der Waals surface area contributed by atoms with Gasteiger partial charge in [-0.05, 0) is 30.3 Å². The van der Waals surface area contributed by atoms with Gasteiger partial charge in [-0.15, -0.1) is 0 Å². The van der Waals surface area contributed by atoms with Crippen LogP contribution >= 0.6 is 0 Å². The molecule has 0 aliphatic carbocycles. The lowest BCUT2D eigenvalue weighted by molar-refractivity contribution is -0.137. The van der Waals surface area contributed by atoms with Crippen LogP contribution in [0.2, 0.25) is 0 Å². The van der Waals surface area contributed by atoms with Gasteiger partial charge in [0, 0.05) is 23.5 Å². The quantitative estimate of drug-likeness (QED) is 0.649. The summed E-state index contributed by atoms with van der Waals surface area (Å²) < 4.78 is 37.4. The Hall–Kier alpha value is -2.28. The summed E-state index contributed by atoms with van der Waals surface area (Å²) >= 11 is 0. The molecule has 2 rings (SSSR count). The average Bonchev–Trinajstić information content (AvgIpc) is 2.37. The second kappa shape index (κ2) is 4.92. The average molecular weight is 247 g/mol. The predicted molar refractivity (Wildman–Crippen MR) is 61.7 cm³/mol. The summed E-state index contributed by atoms with van der Waals surface area (Å²) in [5, 5.41) is 0. The Bertz CT molecular complexity index is 592. The third-order valence-electron chi connectivity index (χ3n) is 2.22. The Labute approximate surface area is 102 Å². The van der Waals surface area contributed by atoms with Crippen molar-refractivity contribution in [2.24, 2.45) is 0 Å². The molecule has 0 fully saturated rings. The summed E-state index contributed by atoms with van der Waals surface area (Å²) in [6, 6.07) is 8.34. The minimum Gasteiger partial charge on any atom is -0.265 e. The van der Waals surface area contributed by atoms with E-state index in [0.717, 1.165) is 12.1 Å². The maximum absolute atomic E-state index is 12.5. The first-order chi connectivity index (χ1) is 8.55. The lowest BCUT2D eigenvalue weighted by atomic mass is 10.1. The summed E-state index contributed by atoms with van der Waals surface area (Å²) in [6.45, 7) is 0. The van der Waals surface area contributed by atoms with Crippen LogP contribution in [0.4, 0.5) is 13.2 Å². The molecule has 1 aromatic heterocycles. The minimum absolute atomic E-state index is 0.335. The summed E-state index contributed by atoms with van der Waals surface area (Å²) in [4.78, 5) is 3.83. The second-order valence-electron chi connectivity index (χ2n) is 3.56. The van der Waals surface area contributed by atoms with Crippen LogP contribution in [0, 0.1) is 11.8 Å². The van der Waals surface area contributed by atoms with Crippen LogP contribution in [-0.4, -0.2) is 4.98 Å². The second-order valence-corrected chi connectivity index (χ2v) is 3.56. The predicted octanol–water partition coefficient (Wildman–Crippen LogP) is 3.50. The fourth-order valence-electron chi connectivity index (χ4n) is 1.35. The normalized spacial score (nSPS) is 10.6. The molecule has 0 amide bonds. The van der Waals surface area contributed by atoms with Crippen LogP contribution < -0.4 is 0 Å². The van der Waals surface area contributed by atoms with E-state index in [9.17, 15) is 13.2 Å². The molecule has 0 atom stereocenters. The van der Waals surface area contributed by atoms with Gasteiger partial charge >= 0.3 is 6.18 Å². The fourth-order valence-corrected chi connectivity index (χ4v) is 1.35. The largest absolute Gasteiger partial charge is 0.416 e. The van der Waals surface area contributed by atoms with Gasteiger partial charge in [0.1, 0.15) is 0 Å². The van der Waals surface area contributed by atoms with E-state index in [0.29, 0.717) is 11.1 Å². The first-order valence-corrected chi connectivity index (χ1v) is 5.15. The molecule has 2 aromatic rings. The van der Waals surface area contributed by atoms with Crippen molar-refractivity contribution in [2.45, 2.75) is 6.18 Å². The summed E-state index contributed by atoms with van der Waals surface area (Å²) in [5.74, 6) is 5.48. The van der Waals surface area contributed by atoms with Crippen LogP contribution in [0.3, 0.4) is 0 Å². The summed E-state index contributed by atoms with van der Waals surface area (Å²) in [7, 11) is 0. The van der Waals surface area contributed by atoms with Gasteiger partial charge in [0.25, 0.3) is 0 Å². The van der Waals surface area contributed by atoms with Crippen LogP contribution in [0.15, 0.2) is 48.8 Å². The molecule has 0 spiro atoms. The summed E-state index contributed by atoms with van der Waals surface area (Å²) in [6.07, 6.45) is -1.18. The van der Waals surface area contributed by atoms with Gasteiger partial charge in [-0.25, -0.2) is 0 Å². The van der Waals surface area contributed by atoms with Crippen molar-refractivity contribution >= 4 is 0 Å². The number of rotatable bonds is 0. The van der Waals surface area contributed by atoms with Gasteiger partial charge in [-0.1, -0.05) is 17.9 Å². The molecule has 0 bridgehead atoms. The Morgan fingerprint density at radius 1 is 0.889 bits per heavy atom. The highest BCUT2D eigenvalue weighted by atomic mass is 19.4. The van der Waals surface area contributed by atoms with E-state index in [1.54, 1.807) is 30.6 Å². The van der Waals surface area contributed by atoms with Crippen LogP contribution in [-0.2, 0) is 6.18 Å². The molecule has 0 radical (unpaired) electrons. The fraction of sp³-hybridized carbons (Fsp3) is 0.0714. The first-order valence-electron chi connectivity index (χ1n) is 5.15. The lowest BCUT2D eigenvalue weighted by Gasteiger charge is -2.05. The Kier molecular flexibility index (Phi) is 3.33. The molecule has 0 aliphatic heterocycles. The van der Waals surface area contributed by atoms with Gasteiger partial charge in [0.2, 0.25) is 0 Å². The van der Waals surface area contributed by atoms with Crippen molar-refractivity contribution in [1.82, 2.24) is 4.98 Å². The topological polar surface area (TPSA) is 12.9 Å². The molecule has 0 saturated carbocycles. The van der Waals surface area contributed by atoms with E-state index < -0.39 is 11.7 Å². The Morgan fingerprint density at radius 3 is 2.22 bits per heavy atom. The summed E-state index contributed by atoms with van der Waals surface area (Å²) in [5.41, 5.74) is 0.355. The highest BCUT2D eigenvalue weighted by molar-refractivity contribution is 5.43. The molecule has 18 heavy (non-hydrogen) atoms. The lowest BCUT2D eigenvalue weighted by Crippen LogP contribution is -2.04. The van der Waals surface area contributed by atoms with Gasteiger partial charge in [-0.2, -0.15) is 13.2 Å². The van der Waals surface area contributed by atoms with E-state index in [2.05, 4.69) is 16.8 Å². The molecular formula is C14H8F3N. The molecule has 0 N–H and O–H groups in total. The van der Waals surface area contributed by atoms with Crippen LogP contribution in [0.1, 0.15) is 16.7 Å². The highest BCUT2D eigenvalue weighted by Gasteiger charge is 2.30. The number of alkyl halides is 3. The minimum atomic E-state index is -4.34. The molecule has 1 nitrogen and oxygen atoms in total. The Balaban J connectivity index is 2.29. The zero-order valence-electron chi connectivity index (χ0n) is 9.20. The molecule has 90 valence electrons. The monoisotopic (exact) mass is 247 g/mol. The van der Waals surface area contributed by atoms with Gasteiger partial charge < -0.3 is 0 Å². The van der Waals surface area contributed by atoms with Crippen molar-refractivity contribution < 1.29 is 13.2 Å². The number of nitrogens with zero attached hydrogens (tertiary/aromatic N) is 1. The van der Waals surface area contributed by atoms with E-state index >= 15 is 0 Å².